The van der Waals surface area contributed by atoms with E-state index in [1.54, 1.807) is 0 Å². The Morgan fingerprint density at radius 2 is 2.13 bits per heavy atom. The van der Waals surface area contributed by atoms with Gasteiger partial charge in [-0.05, 0) is 19.8 Å². The predicted molar refractivity (Wildman–Crippen MR) is 67.5 cm³/mol. The number of aliphatic hydroxyl groups is 1. The van der Waals surface area contributed by atoms with Gasteiger partial charge < -0.3 is 5.11 Å². The van der Waals surface area contributed by atoms with Crippen molar-refractivity contribution in [3.05, 3.63) is 24.3 Å². The summed E-state index contributed by atoms with van der Waals surface area (Å²) in [5.41, 5.74) is 0. The van der Waals surface area contributed by atoms with Gasteiger partial charge in [0, 0.05) is 22.5 Å². The molecule has 1 nitrogen and oxygen atoms in total. The lowest BCUT2D eigenvalue weighted by Gasteiger charge is -2.27. The third-order valence-corrected chi connectivity index (χ3v) is 5.92. The topological polar surface area (TPSA) is 20.2 Å². The fraction of sp³-hybridized carbons (Fsp3) is 0.667. The van der Waals surface area contributed by atoms with Gasteiger partial charge >= 0.3 is 0 Å². The molecule has 1 aliphatic carbocycles. The summed E-state index contributed by atoms with van der Waals surface area (Å²) in [6.07, 6.45) is 10.5. The summed E-state index contributed by atoms with van der Waals surface area (Å²) in [5, 5.41) is 9.62. The van der Waals surface area contributed by atoms with Gasteiger partial charge in [-0.25, -0.2) is 0 Å². The Bertz CT molecular complexity index is 289. The summed E-state index contributed by atoms with van der Waals surface area (Å²) in [6.45, 7) is 2.49. The van der Waals surface area contributed by atoms with E-state index < -0.39 is 0 Å². The maximum Gasteiger partial charge on any atom is 0.0556 e. The third-order valence-electron chi connectivity index (χ3n) is 3.28. The lowest BCUT2D eigenvalue weighted by molar-refractivity contribution is 0.276. The highest BCUT2D eigenvalue weighted by Crippen LogP contribution is 2.53. The molecule has 2 aliphatic rings. The lowest BCUT2D eigenvalue weighted by Crippen LogP contribution is -2.31. The largest absolute Gasteiger partial charge is 0.396 e. The van der Waals surface area contributed by atoms with Crippen molar-refractivity contribution in [1.82, 2.24) is 0 Å². The molecule has 0 spiro atoms. The number of alkyl halides is 1. The lowest BCUT2D eigenvalue weighted by atomic mass is 9.88. The van der Waals surface area contributed by atoms with Crippen LogP contribution in [0.5, 0.6) is 0 Å². The van der Waals surface area contributed by atoms with Gasteiger partial charge in [0.05, 0.1) is 5.38 Å². The molecule has 3 unspecified atom stereocenters. The van der Waals surface area contributed by atoms with Crippen molar-refractivity contribution >= 4 is 23.4 Å². The second kappa shape index (κ2) is 4.52. The molecule has 0 aromatic heterocycles. The predicted octanol–water partition coefficient (Wildman–Crippen LogP) is 2.98. The number of rotatable bonds is 3. The zero-order valence-corrected chi connectivity index (χ0v) is 10.5. The standard InChI is InChI=1S/C12H17ClOS/c1-12(7-4-8-14)11(13)9-5-2-3-6-10(9)15-12/h2-3,5-6,9-11,14H,4,7-8H2,1H3/t9?,10?,11-,12?/m0/s1. The van der Waals surface area contributed by atoms with Crippen LogP contribution >= 0.6 is 23.4 Å². The molecule has 84 valence electrons. The summed E-state index contributed by atoms with van der Waals surface area (Å²) < 4.78 is 0.110. The molecule has 15 heavy (non-hydrogen) atoms. The maximum absolute atomic E-state index is 8.91. The molecule has 4 atom stereocenters. The summed E-state index contributed by atoms with van der Waals surface area (Å²) in [7, 11) is 0. The fourth-order valence-corrected chi connectivity index (χ4v) is 4.73. The molecule has 3 heteroatoms. The number of aliphatic hydroxyl groups excluding tert-OH is 1. The Hall–Kier alpha value is 0.0800. The van der Waals surface area contributed by atoms with Crippen molar-refractivity contribution in [2.45, 2.75) is 35.1 Å². The van der Waals surface area contributed by atoms with Crippen LogP contribution < -0.4 is 0 Å². The number of fused-ring (bicyclic) bond motifs is 1. The first-order chi connectivity index (χ1) is 7.17. The molecule has 0 aromatic rings. The van der Waals surface area contributed by atoms with Crippen LogP contribution in [-0.4, -0.2) is 27.1 Å². The highest BCUT2D eigenvalue weighted by Gasteiger charge is 2.48. The van der Waals surface area contributed by atoms with E-state index >= 15 is 0 Å². The summed E-state index contributed by atoms with van der Waals surface area (Å²) in [5.74, 6) is 0.463. The van der Waals surface area contributed by atoms with Crippen LogP contribution in [0.15, 0.2) is 24.3 Å². The van der Waals surface area contributed by atoms with E-state index in [9.17, 15) is 0 Å². The zero-order chi connectivity index (χ0) is 10.9. The molecule has 1 saturated heterocycles. The summed E-state index contributed by atoms with van der Waals surface area (Å²) in [4.78, 5) is 0. The van der Waals surface area contributed by atoms with Gasteiger partial charge in [0.2, 0.25) is 0 Å². The van der Waals surface area contributed by atoms with Crippen LogP contribution in [-0.2, 0) is 0 Å². The molecule has 1 aliphatic heterocycles. The van der Waals surface area contributed by atoms with E-state index in [0.717, 1.165) is 12.8 Å². The van der Waals surface area contributed by atoms with E-state index in [2.05, 4.69) is 31.2 Å². The van der Waals surface area contributed by atoms with Gasteiger partial charge in [-0.15, -0.1) is 23.4 Å². The van der Waals surface area contributed by atoms with E-state index in [4.69, 9.17) is 16.7 Å². The van der Waals surface area contributed by atoms with Crippen LogP contribution in [0.2, 0.25) is 0 Å². The van der Waals surface area contributed by atoms with Gasteiger partial charge in [-0.3, -0.25) is 0 Å². The van der Waals surface area contributed by atoms with Crippen LogP contribution in [0, 0.1) is 5.92 Å². The summed E-state index contributed by atoms with van der Waals surface area (Å²) in [6, 6.07) is 0. The van der Waals surface area contributed by atoms with Crippen molar-refractivity contribution < 1.29 is 5.11 Å². The van der Waals surface area contributed by atoms with Gasteiger partial charge in [-0.2, -0.15) is 0 Å². The molecule has 1 fully saturated rings. The second-order valence-corrected chi connectivity index (χ2v) is 6.65. The average molecular weight is 245 g/mol. The van der Waals surface area contributed by atoms with Crippen molar-refractivity contribution in [1.29, 1.82) is 0 Å². The molecule has 0 bridgehead atoms. The van der Waals surface area contributed by atoms with Gasteiger partial charge in [-0.1, -0.05) is 24.3 Å². The Morgan fingerprint density at radius 1 is 1.40 bits per heavy atom. The molecular formula is C12H17ClOS. The minimum absolute atomic E-state index is 0.110. The molecule has 0 aromatic carbocycles. The number of halogens is 1. The van der Waals surface area contributed by atoms with Crippen molar-refractivity contribution in [2.75, 3.05) is 6.61 Å². The first-order valence-electron chi connectivity index (χ1n) is 5.45. The van der Waals surface area contributed by atoms with Crippen LogP contribution in [0.3, 0.4) is 0 Å². The third kappa shape index (κ3) is 2.13. The van der Waals surface area contributed by atoms with Crippen LogP contribution in [0.1, 0.15) is 19.8 Å². The maximum atomic E-state index is 8.91. The molecule has 0 radical (unpaired) electrons. The molecule has 2 rings (SSSR count). The number of hydrogen-bond acceptors (Lipinski definition) is 2. The van der Waals surface area contributed by atoms with E-state index in [-0.39, 0.29) is 16.7 Å². The normalized spacial score (nSPS) is 43.3. The Kier molecular flexibility index (Phi) is 3.49. The first kappa shape index (κ1) is 11.6. The summed E-state index contributed by atoms with van der Waals surface area (Å²) >= 11 is 8.50. The highest BCUT2D eigenvalue weighted by molar-refractivity contribution is 8.01. The zero-order valence-electron chi connectivity index (χ0n) is 8.90. The van der Waals surface area contributed by atoms with Crippen LogP contribution in [0.25, 0.3) is 0 Å². The Labute approximate surface area is 101 Å². The van der Waals surface area contributed by atoms with Crippen molar-refractivity contribution in [3.8, 4) is 0 Å². The molecule has 0 amide bonds. The van der Waals surface area contributed by atoms with E-state index in [1.807, 2.05) is 11.8 Å². The molecule has 0 saturated carbocycles. The highest BCUT2D eigenvalue weighted by atomic mass is 35.5. The Morgan fingerprint density at radius 3 is 2.80 bits per heavy atom. The van der Waals surface area contributed by atoms with Crippen molar-refractivity contribution in [3.63, 3.8) is 0 Å². The minimum Gasteiger partial charge on any atom is -0.396 e. The second-order valence-electron chi connectivity index (χ2n) is 4.47. The van der Waals surface area contributed by atoms with Gasteiger partial charge in [0.25, 0.3) is 0 Å². The van der Waals surface area contributed by atoms with Crippen LogP contribution in [0.4, 0.5) is 0 Å². The molecule has 1 N–H and O–H groups in total. The Balaban J connectivity index is 2.10. The van der Waals surface area contributed by atoms with Gasteiger partial charge in [0.15, 0.2) is 0 Å². The number of thioether (sulfide) groups is 1. The minimum atomic E-state index is 0.110. The first-order valence-corrected chi connectivity index (χ1v) is 6.77. The van der Waals surface area contributed by atoms with E-state index in [1.165, 1.54) is 0 Å². The monoisotopic (exact) mass is 244 g/mol. The molecule has 1 heterocycles. The quantitative estimate of drug-likeness (QED) is 0.771. The SMILES string of the molecule is CC1(CCCO)SC2C=CC=CC2[C@@H]1Cl. The smallest absolute Gasteiger partial charge is 0.0556 e. The van der Waals surface area contributed by atoms with Gasteiger partial charge in [0.1, 0.15) is 0 Å². The number of hydrogen-bond donors (Lipinski definition) is 1. The van der Waals surface area contributed by atoms with Crippen molar-refractivity contribution in [2.24, 2.45) is 5.92 Å². The van der Waals surface area contributed by atoms with E-state index in [0.29, 0.717) is 11.2 Å². The number of allylic oxidation sites excluding steroid dienone is 3. The molecular weight excluding hydrogens is 228 g/mol. The average Bonchev–Trinajstić information content (AvgIpc) is 2.50. The fourth-order valence-electron chi connectivity index (χ4n) is 2.40.